The van der Waals surface area contributed by atoms with Gasteiger partial charge in [-0.25, -0.2) is 4.79 Å². The maximum Gasteiger partial charge on any atom is 0.338 e. The smallest absolute Gasteiger partial charge is 0.338 e. The van der Waals surface area contributed by atoms with Crippen LogP contribution in [0.1, 0.15) is 33.6 Å². The third-order valence-electron chi connectivity index (χ3n) is 4.07. The highest BCUT2D eigenvalue weighted by atomic mass is 32.1. The van der Waals surface area contributed by atoms with E-state index in [1.165, 1.54) is 6.07 Å². The number of carbonyl (C=O) groups excluding carboxylic acids is 3. The van der Waals surface area contributed by atoms with Crippen LogP contribution in [0, 0.1) is 0 Å². The lowest BCUT2D eigenvalue weighted by molar-refractivity contribution is -0.119. The van der Waals surface area contributed by atoms with E-state index < -0.39 is 24.4 Å². The predicted molar refractivity (Wildman–Crippen MR) is 103 cm³/mol. The molecule has 1 aromatic carbocycles. The molecule has 0 spiro atoms. The van der Waals surface area contributed by atoms with E-state index >= 15 is 0 Å². The second-order valence-electron chi connectivity index (χ2n) is 6.12. The Labute approximate surface area is 165 Å². The van der Waals surface area contributed by atoms with Crippen molar-refractivity contribution in [1.82, 2.24) is 0 Å². The molecule has 1 saturated heterocycles. The molecule has 1 aromatic heterocycles. The van der Waals surface area contributed by atoms with E-state index in [1.807, 2.05) is 0 Å². The van der Waals surface area contributed by atoms with Crippen LogP contribution in [0.4, 0.5) is 5.00 Å². The van der Waals surface area contributed by atoms with Gasteiger partial charge in [-0.3, -0.25) is 9.59 Å². The lowest BCUT2D eigenvalue weighted by atomic mass is 10.2. The maximum absolute atomic E-state index is 12.1. The van der Waals surface area contributed by atoms with Crippen molar-refractivity contribution in [3.05, 3.63) is 46.8 Å². The molecule has 28 heavy (non-hydrogen) atoms. The number of amides is 2. The summed E-state index contributed by atoms with van der Waals surface area (Å²) in [6.45, 7) is 0.759. The number of benzene rings is 1. The van der Waals surface area contributed by atoms with Gasteiger partial charge in [-0.2, -0.15) is 0 Å². The number of nitrogens with two attached hydrogens (primary N) is 1. The Hall–Kier alpha value is -2.91. The first-order valence-corrected chi connectivity index (χ1v) is 9.59. The summed E-state index contributed by atoms with van der Waals surface area (Å²) in [7, 11) is 0. The Morgan fingerprint density at radius 1 is 1.21 bits per heavy atom. The summed E-state index contributed by atoms with van der Waals surface area (Å²) in [5, 5.41) is 4.45. The van der Waals surface area contributed by atoms with Crippen LogP contribution in [-0.2, 0) is 14.3 Å². The van der Waals surface area contributed by atoms with E-state index in [2.05, 4.69) is 5.32 Å². The third kappa shape index (κ3) is 5.30. The number of thiophene rings is 1. The summed E-state index contributed by atoms with van der Waals surface area (Å²) in [6, 6.07) is 7.97. The number of carbonyl (C=O) groups is 3. The first-order chi connectivity index (χ1) is 13.5. The van der Waals surface area contributed by atoms with Gasteiger partial charge < -0.3 is 25.3 Å². The minimum atomic E-state index is -0.643. The van der Waals surface area contributed by atoms with Gasteiger partial charge in [-0.15, -0.1) is 11.3 Å². The van der Waals surface area contributed by atoms with E-state index in [9.17, 15) is 14.4 Å². The van der Waals surface area contributed by atoms with Crippen LogP contribution >= 0.6 is 11.3 Å². The van der Waals surface area contributed by atoms with Crippen LogP contribution in [0.25, 0.3) is 0 Å². The molecule has 0 unspecified atom stereocenters. The second-order valence-corrected chi connectivity index (χ2v) is 7.04. The number of esters is 1. The van der Waals surface area contributed by atoms with Crippen molar-refractivity contribution in [1.29, 1.82) is 0 Å². The number of nitrogens with one attached hydrogen (secondary N) is 1. The van der Waals surface area contributed by atoms with Crippen LogP contribution in [-0.4, -0.2) is 43.7 Å². The molecule has 3 N–H and O–H groups in total. The maximum atomic E-state index is 12.1. The highest BCUT2D eigenvalue weighted by molar-refractivity contribution is 7.14. The Bertz CT molecular complexity index is 842. The summed E-state index contributed by atoms with van der Waals surface area (Å²) < 4.78 is 16.1. The van der Waals surface area contributed by atoms with E-state index in [4.69, 9.17) is 19.9 Å². The molecular weight excluding hydrogens is 384 g/mol. The van der Waals surface area contributed by atoms with Crippen molar-refractivity contribution in [2.75, 3.05) is 25.1 Å². The zero-order valence-corrected chi connectivity index (χ0v) is 15.8. The molecule has 0 saturated carbocycles. The molecule has 2 amide bonds. The summed E-state index contributed by atoms with van der Waals surface area (Å²) in [6.07, 6.45) is 2.14. The SMILES string of the molecule is NC(=O)c1ccsc1NC(=O)COC(=O)c1ccc(OC[C@H]2CCCO2)cc1. The lowest BCUT2D eigenvalue weighted by Crippen LogP contribution is -2.22. The molecule has 9 heteroatoms. The summed E-state index contributed by atoms with van der Waals surface area (Å²) in [5.74, 6) is -1.21. The average molecular weight is 404 g/mol. The Morgan fingerprint density at radius 2 is 2.00 bits per heavy atom. The minimum Gasteiger partial charge on any atom is -0.491 e. The molecule has 1 atom stereocenters. The van der Waals surface area contributed by atoms with Crippen LogP contribution < -0.4 is 15.8 Å². The van der Waals surface area contributed by atoms with E-state index in [0.29, 0.717) is 22.9 Å². The van der Waals surface area contributed by atoms with Gasteiger partial charge in [-0.1, -0.05) is 0 Å². The summed E-state index contributed by atoms with van der Waals surface area (Å²) in [5.41, 5.74) is 5.72. The summed E-state index contributed by atoms with van der Waals surface area (Å²) in [4.78, 5) is 35.2. The van der Waals surface area contributed by atoms with Gasteiger partial charge in [-0.05, 0) is 48.6 Å². The number of hydrogen-bond donors (Lipinski definition) is 2. The fourth-order valence-corrected chi connectivity index (χ4v) is 3.44. The molecule has 0 radical (unpaired) electrons. The topological polar surface area (TPSA) is 117 Å². The van der Waals surface area contributed by atoms with Crippen molar-refractivity contribution in [2.24, 2.45) is 5.73 Å². The van der Waals surface area contributed by atoms with E-state index in [1.54, 1.807) is 29.6 Å². The van der Waals surface area contributed by atoms with Crippen molar-refractivity contribution in [3.63, 3.8) is 0 Å². The molecule has 8 nitrogen and oxygen atoms in total. The number of rotatable bonds is 8. The zero-order valence-electron chi connectivity index (χ0n) is 15.0. The van der Waals surface area contributed by atoms with Gasteiger partial charge >= 0.3 is 5.97 Å². The fourth-order valence-electron chi connectivity index (χ4n) is 2.63. The minimum absolute atomic E-state index is 0.113. The highest BCUT2D eigenvalue weighted by Crippen LogP contribution is 2.22. The van der Waals surface area contributed by atoms with Gasteiger partial charge in [0, 0.05) is 6.61 Å². The number of primary amides is 1. The summed E-state index contributed by atoms with van der Waals surface area (Å²) >= 11 is 1.16. The monoisotopic (exact) mass is 404 g/mol. The lowest BCUT2D eigenvalue weighted by Gasteiger charge is -2.11. The highest BCUT2D eigenvalue weighted by Gasteiger charge is 2.17. The molecule has 2 aromatic rings. The number of hydrogen-bond acceptors (Lipinski definition) is 7. The molecule has 3 rings (SSSR count). The first kappa shape index (κ1) is 19.8. The Morgan fingerprint density at radius 3 is 2.68 bits per heavy atom. The van der Waals surface area contributed by atoms with Gasteiger partial charge in [0.1, 0.15) is 17.4 Å². The fraction of sp³-hybridized carbons (Fsp3) is 0.316. The standard InChI is InChI=1S/C19H20N2O6S/c20-17(23)15-7-9-28-18(15)21-16(22)11-27-19(24)12-3-5-13(6-4-12)26-10-14-2-1-8-25-14/h3-7,9,14H,1-2,8,10-11H2,(H2,20,23)(H,21,22)/t14-/m1/s1. The second kappa shape index (κ2) is 9.34. The largest absolute Gasteiger partial charge is 0.491 e. The molecule has 0 bridgehead atoms. The van der Waals surface area contributed by atoms with E-state index in [-0.39, 0.29) is 11.7 Å². The van der Waals surface area contributed by atoms with Crippen LogP contribution in [0.15, 0.2) is 35.7 Å². The van der Waals surface area contributed by atoms with Crippen molar-refractivity contribution in [2.45, 2.75) is 18.9 Å². The normalized spacial score (nSPS) is 15.8. The Balaban J connectivity index is 1.45. The van der Waals surface area contributed by atoms with Crippen molar-refractivity contribution < 1.29 is 28.6 Å². The first-order valence-electron chi connectivity index (χ1n) is 8.71. The molecule has 0 aliphatic carbocycles. The van der Waals surface area contributed by atoms with Crippen molar-refractivity contribution >= 4 is 34.1 Å². The van der Waals surface area contributed by atoms with Gasteiger partial charge in [0.05, 0.1) is 17.2 Å². The molecule has 148 valence electrons. The molecule has 2 heterocycles. The Kier molecular flexibility index (Phi) is 6.62. The van der Waals surface area contributed by atoms with Gasteiger partial charge in [0.25, 0.3) is 11.8 Å². The predicted octanol–water partition coefficient (Wildman–Crippen LogP) is 2.20. The van der Waals surface area contributed by atoms with Crippen molar-refractivity contribution in [3.8, 4) is 5.75 Å². The van der Waals surface area contributed by atoms with E-state index in [0.717, 1.165) is 30.8 Å². The third-order valence-corrected chi connectivity index (χ3v) is 4.90. The molecular formula is C19H20N2O6S. The van der Waals surface area contributed by atoms with Gasteiger partial charge in [0.2, 0.25) is 0 Å². The van der Waals surface area contributed by atoms with Gasteiger partial charge in [0.15, 0.2) is 6.61 Å². The number of anilines is 1. The average Bonchev–Trinajstić information content (AvgIpc) is 3.36. The quantitative estimate of drug-likeness (QED) is 0.652. The van der Waals surface area contributed by atoms with Crippen LogP contribution in [0.3, 0.4) is 0 Å². The molecule has 1 aliphatic heterocycles. The molecule has 1 aliphatic rings. The number of ether oxygens (including phenoxy) is 3. The van der Waals surface area contributed by atoms with Crippen LogP contribution in [0.5, 0.6) is 5.75 Å². The molecule has 1 fully saturated rings. The zero-order chi connectivity index (χ0) is 19.9. The van der Waals surface area contributed by atoms with Crippen LogP contribution in [0.2, 0.25) is 0 Å².